The molecule has 4 aromatic rings. The molecule has 10 nitrogen and oxygen atoms in total. The third kappa shape index (κ3) is 5.80. The molecule has 0 unspecified atom stereocenters. The van der Waals surface area contributed by atoms with E-state index in [-0.39, 0.29) is 24.1 Å². The summed E-state index contributed by atoms with van der Waals surface area (Å²) in [5, 5.41) is 7.53. The summed E-state index contributed by atoms with van der Waals surface area (Å²) >= 11 is 1.43. The molecule has 0 radical (unpaired) electrons. The Hall–Kier alpha value is -3.42. The second-order valence-corrected chi connectivity index (χ2v) is 12.3. The number of thiazole rings is 1. The van der Waals surface area contributed by atoms with Crippen LogP contribution in [0.2, 0.25) is 0 Å². The summed E-state index contributed by atoms with van der Waals surface area (Å²) in [5.41, 5.74) is 3.69. The number of methoxy groups -OCH3 is 1. The van der Waals surface area contributed by atoms with Crippen LogP contribution in [0.25, 0.3) is 16.9 Å². The number of carbonyl (C=O) groups excluding carboxylic acids is 1. The van der Waals surface area contributed by atoms with E-state index < -0.39 is 10.0 Å². The van der Waals surface area contributed by atoms with Crippen LogP contribution in [0, 0.1) is 5.82 Å². The van der Waals surface area contributed by atoms with E-state index in [0.29, 0.717) is 54.6 Å². The average Bonchev–Trinajstić information content (AvgIpc) is 3.56. The van der Waals surface area contributed by atoms with Crippen LogP contribution in [-0.4, -0.2) is 71.8 Å². The van der Waals surface area contributed by atoms with Crippen molar-refractivity contribution in [3.8, 4) is 11.3 Å². The maximum atomic E-state index is 13.4. The molecule has 0 amide bonds. The third-order valence-electron chi connectivity index (χ3n) is 6.92. The number of ether oxygens (including phenoxy) is 1. The number of hydrogen-bond donors (Lipinski definition) is 0. The van der Waals surface area contributed by atoms with Gasteiger partial charge >= 0.3 is 5.97 Å². The monoisotopic (exact) mass is 572 g/mol. The molecule has 0 saturated carbocycles. The van der Waals surface area contributed by atoms with Crippen molar-refractivity contribution in [2.75, 3.05) is 38.4 Å². The van der Waals surface area contributed by atoms with E-state index in [9.17, 15) is 17.6 Å². The van der Waals surface area contributed by atoms with Crippen molar-refractivity contribution < 1.29 is 22.3 Å². The molecule has 0 spiro atoms. The van der Waals surface area contributed by atoms with Gasteiger partial charge in [-0.15, -0.1) is 11.3 Å². The number of benzene rings is 1. The number of hydrogen-bond acceptors (Lipinski definition) is 9. The van der Waals surface area contributed by atoms with Crippen molar-refractivity contribution >= 4 is 43.9 Å². The van der Waals surface area contributed by atoms with Crippen LogP contribution in [0.3, 0.4) is 0 Å². The Morgan fingerprint density at radius 2 is 1.87 bits per heavy atom. The minimum atomic E-state index is -3.22. The van der Waals surface area contributed by atoms with Gasteiger partial charge in [-0.25, -0.2) is 27.1 Å². The van der Waals surface area contributed by atoms with E-state index >= 15 is 0 Å². The minimum absolute atomic E-state index is 0.108. The molecule has 13 heteroatoms. The van der Waals surface area contributed by atoms with Crippen molar-refractivity contribution in [1.82, 2.24) is 23.9 Å². The molecule has 1 aromatic carbocycles. The van der Waals surface area contributed by atoms with Gasteiger partial charge in [0.05, 0.1) is 36.9 Å². The Bertz CT molecular complexity index is 1590. The molecule has 1 saturated heterocycles. The summed E-state index contributed by atoms with van der Waals surface area (Å²) in [6, 6.07) is 10.0. The fraction of sp³-hybridized carbons (Fsp3) is 0.385. The topological polar surface area (TPSA) is 110 Å². The highest BCUT2D eigenvalue weighted by molar-refractivity contribution is 7.88. The Morgan fingerprint density at radius 1 is 1.15 bits per heavy atom. The van der Waals surface area contributed by atoms with Gasteiger partial charge in [-0.1, -0.05) is 0 Å². The zero-order valence-corrected chi connectivity index (χ0v) is 23.5. The molecule has 1 aliphatic rings. The molecule has 4 heterocycles. The molecular formula is C26H29FN6O4S2. The normalized spacial score (nSPS) is 15.1. The van der Waals surface area contributed by atoms with Crippen molar-refractivity contribution in [3.63, 3.8) is 0 Å². The number of nitrogens with zero attached hydrogens (tertiary/aromatic N) is 6. The highest BCUT2D eigenvalue weighted by Crippen LogP contribution is 2.35. The summed E-state index contributed by atoms with van der Waals surface area (Å²) in [4.78, 5) is 23.4. The lowest BCUT2D eigenvalue weighted by Crippen LogP contribution is -2.37. The molecule has 5 rings (SSSR count). The van der Waals surface area contributed by atoms with Crippen LogP contribution in [0.1, 0.15) is 36.6 Å². The highest BCUT2D eigenvalue weighted by Gasteiger charge is 2.28. The van der Waals surface area contributed by atoms with Gasteiger partial charge in [-0.3, -0.25) is 4.79 Å². The second kappa shape index (κ2) is 11.0. The first-order valence-electron chi connectivity index (χ1n) is 12.5. The fourth-order valence-electron chi connectivity index (χ4n) is 4.77. The van der Waals surface area contributed by atoms with Crippen LogP contribution in [0.15, 0.2) is 41.8 Å². The smallest absolute Gasteiger partial charge is 0.305 e. The van der Waals surface area contributed by atoms with Crippen molar-refractivity contribution in [1.29, 1.82) is 0 Å². The molecule has 206 valence electrons. The molecule has 1 aliphatic heterocycles. The number of piperidine rings is 1. The molecule has 1 fully saturated rings. The number of imidazole rings is 1. The lowest BCUT2D eigenvalue weighted by atomic mass is 9.94. The minimum Gasteiger partial charge on any atom is -0.469 e. The predicted molar refractivity (Wildman–Crippen MR) is 147 cm³/mol. The predicted octanol–water partition coefficient (Wildman–Crippen LogP) is 4.00. The Labute approximate surface area is 230 Å². The van der Waals surface area contributed by atoms with Crippen molar-refractivity contribution in [2.45, 2.75) is 31.6 Å². The molecule has 0 bridgehead atoms. The molecule has 0 atom stereocenters. The number of fused-ring (bicyclic) bond motifs is 1. The zero-order valence-electron chi connectivity index (χ0n) is 21.9. The first-order chi connectivity index (χ1) is 18.6. The van der Waals surface area contributed by atoms with Crippen LogP contribution in [0.5, 0.6) is 0 Å². The molecular weight excluding hydrogens is 543 g/mol. The van der Waals surface area contributed by atoms with E-state index in [1.165, 1.54) is 41.1 Å². The number of halogens is 1. The Morgan fingerprint density at radius 3 is 2.54 bits per heavy atom. The number of esters is 1. The number of anilines is 2. The number of aryl methyl sites for hydroxylation is 1. The lowest BCUT2D eigenvalue weighted by molar-refractivity contribution is -0.140. The molecule has 3 aromatic heterocycles. The summed E-state index contributed by atoms with van der Waals surface area (Å²) in [7, 11) is 0.00956. The summed E-state index contributed by atoms with van der Waals surface area (Å²) < 4.78 is 45.4. The standard InChI is InChI=1S/C26H29FN6O4S2/c1-31(26-29-22(16-38-26)17-4-6-19(27)7-5-17)25-21(9-11-24(34)37-2)28-23-10-8-20(30-33(23)25)18-12-14-32(15-13-18)39(3,35)36/h4-8,10,16,18H,9,11-15H2,1-3H3. The Balaban J connectivity index is 1.49. The molecule has 0 N–H and O–H groups in total. The van der Waals surface area contributed by atoms with Gasteiger partial charge in [0, 0.05) is 43.4 Å². The maximum Gasteiger partial charge on any atom is 0.305 e. The van der Waals surface area contributed by atoms with Crippen molar-refractivity contribution in [3.05, 3.63) is 59.0 Å². The second-order valence-electron chi connectivity index (χ2n) is 9.50. The van der Waals surface area contributed by atoms with Gasteiger partial charge in [0.25, 0.3) is 0 Å². The highest BCUT2D eigenvalue weighted by atomic mass is 32.2. The largest absolute Gasteiger partial charge is 0.469 e. The van der Waals surface area contributed by atoms with Gasteiger partial charge in [0.2, 0.25) is 10.0 Å². The van der Waals surface area contributed by atoms with E-state index in [1.54, 1.807) is 16.6 Å². The first kappa shape index (κ1) is 27.2. The first-order valence-corrected chi connectivity index (χ1v) is 15.2. The quantitative estimate of drug-likeness (QED) is 0.292. The van der Waals surface area contributed by atoms with E-state index in [2.05, 4.69) is 0 Å². The molecule has 39 heavy (non-hydrogen) atoms. The zero-order chi connectivity index (χ0) is 27.7. The van der Waals surface area contributed by atoms with E-state index in [0.717, 1.165) is 17.0 Å². The van der Waals surface area contributed by atoms with Crippen LogP contribution in [-0.2, 0) is 26.0 Å². The third-order valence-corrected chi connectivity index (χ3v) is 9.14. The van der Waals surface area contributed by atoms with E-state index in [1.807, 2.05) is 29.5 Å². The van der Waals surface area contributed by atoms with Crippen LogP contribution < -0.4 is 4.90 Å². The van der Waals surface area contributed by atoms with E-state index in [4.69, 9.17) is 19.8 Å². The van der Waals surface area contributed by atoms with Crippen LogP contribution >= 0.6 is 11.3 Å². The summed E-state index contributed by atoms with van der Waals surface area (Å²) in [5.74, 6) is 0.150. The number of rotatable bonds is 8. The van der Waals surface area contributed by atoms with Gasteiger partial charge < -0.3 is 9.64 Å². The SMILES string of the molecule is COC(=O)CCc1nc2ccc(C3CCN(S(C)(=O)=O)CC3)nn2c1N(C)c1nc(-c2ccc(F)cc2)cs1. The molecule has 0 aliphatic carbocycles. The maximum absolute atomic E-state index is 13.4. The average molecular weight is 573 g/mol. The summed E-state index contributed by atoms with van der Waals surface area (Å²) in [6.45, 7) is 0.908. The number of sulfonamides is 1. The lowest BCUT2D eigenvalue weighted by Gasteiger charge is -2.29. The van der Waals surface area contributed by atoms with Gasteiger partial charge in [0.15, 0.2) is 16.6 Å². The summed E-state index contributed by atoms with van der Waals surface area (Å²) in [6.07, 6.45) is 3.11. The number of carbonyl (C=O) groups is 1. The van der Waals surface area contributed by atoms with Gasteiger partial charge in [-0.05, 0) is 49.2 Å². The fourth-order valence-corrected chi connectivity index (χ4v) is 6.45. The number of aromatic nitrogens is 4. The van der Waals surface area contributed by atoms with Gasteiger partial charge in [0.1, 0.15) is 5.82 Å². The van der Waals surface area contributed by atoms with Crippen molar-refractivity contribution in [2.24, 2.45) is 0 Å². The Kier molecular flexibility index (Phi) is 7.65. The van der Waals surface area contributed by atoms with Gasteiger partial charge in [-0.2, -0.15) is 9.61 Å². The van der Waals surface area contributed by atoms with Crippen LogP contribution in [0.4, 0.5) is 15.3 Å².